The molecule has 11 rings (SSSR count). The summed E-state index contributed by atoms with van der Waals surface area (Å²) in [6.45, 7) is 0. The Balaban J connectivity index is 1.22. The average molecular weight is 617 g/mol. The molecule has 0 atom stereocenters. The fourth-order valence-electron chi connectivity index (χ4n) is 7.91. The van der Waals surface area contributed by atoms with Crippen LogP contribution in [0.3, 0.4) is 0 Å². The molecule has 3 aromatic heterocycles. The van der Waals surface area contributed by atoms with E-state index >= 15 is 0 Å². The molecule has 0 saturated carbocycles. The van der Waals surface area contributed by atoms with Gasteiger partial charge < -0.3 is 8.83 Å². The maximum atomic E-state index is 6.63. The second kappa shape index (κ2) is 9.32. The van der Waals surface area contributed by atoms with E-state index in [-0.39, 0.29) is 0 Å². The number of hydrogen-bond donors (Lipinski definition) is 0. The second-order valence-electron chi connectivity index (χ2n) is 12.3. The summed E-state index contributed by atoms with van der Waals surface area (Å²) in [6, 6.07) is 52.2. The minimum absolute atomic E-state index is 0.907. The molecule has 0 fully saturated rings. The van der Waals surface area contributed by atoms with Gasteiger partial charge >= 0.3 is 0 Å². The van der Waals surface area contributed by atoms with Gasteiger partial charge in [0.05, 0.1) is 0 Å². The number of benzene rings is 8. The summed E-state index contributed by atoms with van der Waals surface area (Å²) in [7, 11) is 0. The number of rotatable bonds is 2. The molecule has 3 heterocycles. The maximum Gasteiger partial charge on any atom is 0.143 e. The lowest BCUT2D eigenvalue weighted by molar-refractivity contribution is 0.669. The molecule has 0 aliphatic rings. The standard InChI is InChI=1S/C44H24O2S/c1-3-13-29-27(11-1)40(25-20-21-32-37(24-25)45-36-22-23-39-43(42(32)36)33-15-6-8-19-38(33)47-39)28-12-2-4-14-30(28)41(29)34-17-9-16-31-26-10-5-7-18-35(26)46-44(31)34/h1-24H. The van der Waals surface area contributed by atoms with Crippen molar-refractivity contribution in [3.63, 3.8) is 0 Å². The van der Waals surface area contributed by atoms with Crippen LogP contribution >= 0.6 is 11.3 Å². The van der Waals surface area contributed by atoms with Crippen LogP contribution in [0, 0.1) is 0 Å². The quantitative estimate of drug-likeness (QED) is 0.181. The molecule has 0 radical (unpaired) electrons. The van der Waals surface area contributed by atoms with Crippen molar-refractivity contribution >= 4 is 96.9 Å². The lowest BCUT2D eigenvalue weighted by Crippen LogP contribution is -1.91. The highest BCUT2D eigenvalue weighted by Crippen LogP contribution is 2.48. The molecule has 0 aliphatic carbocycles. The van der Waals surface area contributed by atoms with Crippen molar-refractivity contribution in [3.8, 4) is 22.3 Å². The van der Waals surface area contributed by atoms with E-state index < -0.39 is 0 Å². The predicted octanol–water partition coefficient (Wildman–Crippen LogP) is 13.5. The van der Waals surface area contributed by atoms with Crippen molar-refractivity contribution in [2.24, 2.45) is 0 Å². The Morgan fingerprint density at radius 2 is 1.02 bits per heavy atom. The molecule has 0 bridgehead atoms. The molecule has 0 saturated heterocycles. The smallest absolute Gasteiger partial charge is 0.143 e. The number of furan rings is 2. The van der Waals surface area contributed by atoms with Crippen LogP contribution in [0.5, 0.6) is 0 Å². The molecule has 11 aromatic rings. The summed E-state index contributed by atoms with van der Waals surface area (Å²) in [5, 5.41) is 12.0. The third-order valence-corrected chi connectivity index (χ3v) is 11.0. The summed E-state index contributed by atoms with van der Waals surface area (Å²) < 4.78 is 15.8. The molecular weight excluding hydrogens is 593 g/mol. The molecule has 0 unspecified atom stereocenters. The van der Waals surface area contributed by atoms with Gasteiger partial charge in [0.25, 0.3) is 0 Å². The van der Waals surface area contributed by atoms with E-state index in [1.165, 1.54) is 58.2 Å². The molecule has 0 N–H and O–H groups in total. The molecule has 3 heteroatoms. The zero-order valence-corrected chi connectivity index (χ0v) is 25.9. The van der Waals surface area contributed by atoms with Crippen molar-refractivity contribution in [2.75, 3.05) is 0 Å². The average Bonchev–Trinajstić information content (AvgIpc) is 3.81. The maximum absolute atomic E-state index is 6.63. The first-order valence-electron chi connectivity index (χ1n) is 15.9. The van der Waals surface area contributed by atoms with Gasteiger partial charge in [0, 0.05) is 52.8 Å². The Morgan fingerprint density at radius 1 is 0.362 bits per heavy atom. The van der Waals surface area contributed by atoms with Crippen LogP contribution in [-0.4, -0.2) is 0 Å². The van der Waals surface area contributed by atoms with E-state index in [2.05, 4.69) is 140 Å². The molecule has 8 aromatic carbocycles. The molecule has 2 nitrogen and oxygen atoms in total. The van der Waals surface area contributed by atoms with Crippen molar-refractivity contribution < 1.29 is 8.83 Å². The van der Waals surface area contributed by atoms with Crippen LogP contribution in [0.25, 0.3) is 108 Å². The predicted molar refractivity (Wildman–Crippen MR) is 200 cm³/mol. The zero-order chi connectivity index (χ0) is 30.6. The van der Waals surface area contributed by atoms with Crippen LogP contribution in [0.1, 0.15) is 0 Å². The van der Waals surface area contributed by atoms with Crippen LogP contribution in [0.2, 0.25) is 0 Å². The molecule has 0 aliphatic heterocycles. The van der Waals surface area contributed by atoms with Gasteiger partial charge in [0.15, 0.2) is 0 Å². The van der Waals surface area contributed by atoms with Crippen molar-refractivity contribution in [2.45, 2.75) is 0 Å². The molecule has 0 spiro atoms. The molecule has 218 valence electrons. The highest BCUT2D eigenvalue weighted by Gasteiger charge is 2.21. The van der Waals surface area contributed by atoms with Crippen molar-refractivity contribution in [3.05, 3.63) is 146 Å². The summed E-state index contributed by atoms with van der Waals surface area (Å²) >= 11 is 1.84. The Hall–Kier alpha value is -5.90. The van der Waals surface area contributed by atoms with Crippen molar-refractivity contribution in [1.29, 1.82) is 0 Å². The van der Waals surface area contributed by atoms with E-state index in [4.69, 9.17) is 8.83 Å². The van der Waals surface area contributed by atoms with Gasteiger partial charge in [-0.3, -0.25) is 0 Å². The first-order valence-corrected chi connectivity index (χ1v) is 16.7. The van der Waals surface area contributed by atoms with Crippen LogP contribution in [0.4, 0.5) is 0 Å². The van der Waals surface area contributed by atoms with E-state index in [1.807, 2.05) is 17.4 Å². The SMILES string of the molecule is c1ccc2c(c1)oc1c(-c3c4ccccc4c(-c4ccc5c(c4)oc4ccc6sc7ccccc7c6c45)c4ccccc34)cccc12. The van der Waals surface area contributed by atoms with Gasteiger partial charge in [-0.15, -0.1) is 11.3 Å². The van der Waals surface area contributed by atoms with E-state index in [1.54, 1.807) is 0 Å². The third kappa shape index (κ3) is 3.44. The molecule has 47 heavy (non-hydrogen) atoms. The number of thiophene rings is 1. The van der Waals surface area contributed by atoms with Crippen molar-refractivity contribution in [1.82, 2.24) is 0 Å². The topological polar surface area (TPSA) is 26.3 Å². The Morgan fingerprint density at radius 3 is 1.81 bits per heavy atom. The van der Waals surface area contributed by atoms with E-state index in [9.17, 15) is 0 Å². The second-order valence-corrected chi connectivity index (χ2v) is 13.4. The van der Waals surface area contributed by atoms with Gasteiger partial charge in [-0.25, -0.2) is 0 Å². The van der Waals surface area contributed by atoms with Gasteiger partial charge in [-0.05, 0) is 69.1 Å². The Bertz CT molecular complexity index is 3020. The first kappa shape index (κ1) is 25.3. The fraction of sp³-hybridized carbons (Fsp3) is 0. The number of hydrogen-bond acceptors (Lipinski definition) is 3. The minimum atomic E-state index is 0.907. The molecular formula is C44H24O2S. The van der Waals surface area contributed by atoms with E-state index in [0.717, 1.165) is 49.6 Å². The van der Waals surface area contributed by atoms with Gasteiger partial charge in [0.2, 0.25) is 0 Å². The number of fused-ring (bicyclic) bond motifs is 12. The summed E-state index contributed by atoms with van der Waals surface area (Å²) in [4.78, 5) is 0. The zero-order valence-electron chi connectivity index (χ0n) is 25.1. The highest BCUT2D eigenvalue weighted by atomic mass is 32.1. The van der Waals surface area contributed by atoms with Crippen LogP contribution in [-0.2, 0) is 0 Å². The summed E-state index contributed by atoms with van der Waals surface area (Å²) in [5.74, 6) is 0. The third-order valence-electron chi connectivity index (χ3n) is 9.87. The lowest BCUT2D eigenvalue weighted by Gasteiger charge is -2.17. The lowest BCUT2D eigenvalue weighted by atomic mass is 9.85. The largest absolute Gasteiger partial charge is 0.456 e. The monoisotopic (exact) mass is 616 g/mol. The first-order chi connectivity index (χ1) is 23.3. The summed E-state index contributed by atoms with van der Waals surface area (Å²) in [5.41, 5.74) is 8.33. The normalized spacial score (nSPS) is 12.3. The summed E-state index contributed by atoms with van der Waals surface area (Å²) in [6.07, 6.45) is 0. The number of para-hydroxylation sites is 2. The highest BCUT2D eigenvalue weighted by molar-refractivity contribution is 7.26. The Labute approximate surface area is 272 Å². The van der Waals surface area contributed by atoms with E-state index in [0.29, 0.717) is 0 Å². The van der Waals surface area contributed by atoms with Gasteiger partial charge in [0.1, 0.15) is 22.3 Å². The Kier molecular flexibility index (Phi) is 5.02. The minimum Gasteiger partial charge on any atom is -0.456 e. The van der Waals surface area contributed by atoms with Crippen LogP contribution < -0.4 is 0 Å². The van der Waals surface area contributed by atoms with Gasteiger partial charge in [-0.2, -0.15) is 0 Å². The fourth-order valence-corrected chi connectivity index (χ4v) is 9.02. The van der Waals surface area contributed by atoms with Crippen LogP contribution in [0.15, 0.2) is 154 Å². The van der Waals surface area contributed by atoms with Gasteiger partial charge in [-0.1, -0.05) is 109 Å². The molecule has 0 amide bonds.